The van der Waals surface area contributed by atoms with Crippen LogP contribution >= 0.6 is 23.5 Å². The number of aliphatic hydroxyl groups is 2. The first kappa shape index (κ1) is 12.7. The molecule has 0 unspecified atom stereocenters. The van der Waals surface area contributed by atoms with Gasteiger partial charge in [-0.2, -0.15) is 0 Å². The first-order chi connectivity index (χ1) is 6.54. The van der Waals surface area contributed by atoms with Crippen molar-refractivity contribution >= 4 is 23.5 Å². The quantitative estimate of drug-likeness (QED) is 0.784. The number of thioether (sulfide) groups is 2. The molecular formula is C10H20O2S2. The maximum Gasteiger partial charge on any atom is 0.0659 e. The zero-order valence-corrected chi connectivity index (χ0v) is 10.5. The molecule has 0 aromatic rings. The summed E-state index contributed by atoms with van der Waals surface area (Å²) >= 11 is 3.82. The predicted molar refractivity (Wildman–Crippen MR) is 64.9 cm³/mol. The molecule has 2 N–H and O–H groups in total. The Morgan fingerprint density at radius 3 is 1.86 bits per heavy atom. The average Bonchev–Trinajstić information content (AvgIpc) is 2.01. The van der Waals surface area contributed by atoms with E-state index in [-0.39, 0.29) is 16.3 Å². The Labute approximate surface area is 94.9 Å². The molecule has 14 heavy (non-hydrogen) atoms. The van der Waals surface area contributed by atoms with Crippen LogP contribution in [-0.2, 0) is 0 Å². The number of aliphatic hydroxyl groups excluding tert-OH is 2. The van der Waals surface area contributed by atoms with Crippen LogP contribution < -0.4 is 0 Å². The van der Waals surface area contributed by atoms with Gasteiger partial charge in [-0.1, -0.05) is 0 Å². The van der Waals surface area contributed by atoms with Crippen molar-refractivity contribution in [1.82, 2.24) is 0 Å². The molecule has 84 valence electrons. The number of hydrogen-bond donors (Lipinski definition) is 2. The minimum Gasteiger partial charge on any atom is -0.393 e. The molecule has 1 saturated heterocycles. The van der Waals surface area contributed by atoms with Gasteiger partial charge in [-0.25, -0.2) is 0 Å². The fourth-order valence-electron chi connectivity index (χ4n) is 1.84. The maximum absolute atomic E-state index is 9.47. The normalized spacial score (nSPS) is 25.7. The molecule has 2 atom stereocenters. The van der Waals surface area contributed by atoms with Crippen molar-refractivity contribution in [1.29, 1.82) is 0 Å². The average molecular weight is 236 g/mol. The largest absolute Gasteiger partial charge is 0.393 e. The minimum atomic E-state index is -0.271. The lowest BCUT2D eigenvalue weighted by Gasteiger charge is -2.38. The summed E-state index contributed by atoms with van der Waals surface area (Å²) < 4.78 is 0.0561. The van der Waals surface area contributed by atoms with Gasteiger partial charge >= 0.3 is 0 Å². The summed E-state index contributed by atoms with van der Waals surface area (Å²) in [6.07, 6.45) is 2.27. The van der Waals surface area contributed by atoms with Crippen LogP contribution in [0.4, 0.5) is 0 Å². The topological polar surface area (TPSA) is 40.5 Å². The van der Waals surface area contributed by atoms with E-state index in [1.165, 1.54) is 6.42 Å². The van der Waals surface area contributed by atoms with Crippen LogP contribution in [0.5, 0.6) is 0 Å². The summed E-state index contributed by atoms with van der Waals surface area (Å²) in [4.78, 5) is 0. The van der Waals surface area contributed by atoms with Crippen LogP contribution in [-0.4, -0.2) is 38.0 Å². The second-order valence-electron chi connectivity index (χ2n) is 4.07. The van der Waals surface area contributed by atoms with E-state index >= 15 is 0 Å². The highest BCUT2D eigenvalue weighted by molar-refractivity contribution is 8.18. The fraction of sp³-hybridized carbons (Fsp3) is 1.00. The van der Waals surface area contributed by atoms with E-state index in [4.69, 9.17) is 0 Å². The van der Waals surface area contributed by atoms with Gasteiger partial charge in [0.05, 0.1) is 16.3 Å². The molecule has 0 radical (unpaired) electrons. The second-order valence-corrected chi connectivity index (χ2v) is 7.28. The second kappa shape index (κ2) is 5.64. The Kier molecular flexibility index (Phi) is 5.11. The Hall–Kier alpha value is 0.620. The molecule has 0 aromatic carbocycles. The van der Waals surface area contributed by atoms with Crippen LogP contribution in [0, 0.1) is 0 Å². The summed E-state index contributed by atoms with van der Waals surface area (Å²) in [7, 11) is 0. The molecule has 0 aromatic heterocycles. The van der Waals surface area contributed by atoms with E-state index in [2.05, 4.69) is 0 Å². The highest BCUT2D eigenvalue weighted by Crippen LogP contribution is 2.48. The maximum atomic E-state index is 9.47. The van der Waals surface area contributed by atoms with E-state index in [0.29, 0.717) is 0 Å². The van der Waals surface area contributed by atoms with Gasteiger partial charge < -0.3 is 10.2 Å². The third-order valence-electron chi connectivity index (χ3n) is 2.23. The third-order valence-corrected chi connectivity index (χ3v) is 5.64. The van der Waals surface area contributed by atoms with E-state index in [9.17, 15) is 10.2 Å². The van der Waals surface area contributed by atoms with Crippen molar-refractivity contribution in [2.24, 2.45) is 0 Å². The Balaban J connectivity index is 2.57. The molecule has 1 rings (SSSR count). The monoisotopic (exact) mass is 236 g/mol. The lowest BCUT2D eigenvalue weighted by molar-refractivity contribution is 0.150. The van der Waals surface area contributed by atoms with Gasteiger partial charge in [0.2, 0.25) is 0 Å². The molecule has 1 aliphatic heterocycles. The van der Waals surface area contributed by atoms with Crippen LogP contribution in [0.15, 0.2) is 0 Å². The molecule has 2 nitrogen and oxygen atoms in total. The fourth-order valence-corrected chi connectivity index (χ4v) is 5.61. The molecule has 1 aliphatic rings. The molecule has 0 amide bonds. The van der Waals surface area contributed by atoms with Gasteiger partial charge in [0.25, 0.3) is 0 Å². The molecular weight excluding hydrogens is 216 g/mol. The Morgan fingerprint density at radius 1 is 1.07 bits per heavy atom. The van der Waals surface area contributed by atoms with Crippen molar-refractivity contribution in [3.63, 3.8) is 0 Å². The Bertz CT molecular complexity index is 154. The predicted octanol–water partition coefficient (Wildman–Crippen LogP) is 2.09. The third kappa shape index (κ3) is 4.01. The molecule has 0 spiro atoms. The zero-order chi connectivity index (χ0) is 10.6. The molecule has 1 fully saturated rings. The SMILES string of the molecule is C[C@@H](O)CC1(C[C@@H](C)O)SCCCS1. The summed E-state index contributed by atoms with van der Waals surface area (Å²) in [5.74, 6) is 2.32. The lowest BCUT2D eigenvalue weighted by atomic mass is 10.1. The smallest absolute Gasteiger partial charge is 0.0659 e. The van der Waals surface area contributed by atoms with Gasteiger partial charge in [0.1, 0.15) is 0 Å². The standard InChI is InChI=1S/C10H20O2S2/c1-8(11)6-10(7-9(2)12)13-4-3-5-14-10/h8-9,11-12H,3-7H2,1-2H3/t8-,9-/m1/s1. The molecule has 1 heterocycles. The summed E-state index contributed by atoms with van der Waals surface area (Å²) in [5, 5.41) is 18.9. The van der Waals surface area contributed by atoms with Crippen molar-refractivity contribution in [3.05, 3.63) is 0 Å². The highest BCUT2D eigenvalue weighted by Gasteiger charge is 2.35. The van der Waals surface area contributed by atoms with Crippen LogP contribution in [0.3, 0.4) is 0 Å². The van der Waals surface area contributed by atoms with E-state index in [1.807, 2.05) is 37.4 Å². The van der Waals surface area contributed by atoms with Gasteiger partial charge in [-0.3, -0.25) is 0 Å². The Morgan fingerprint density at radius 2 is 1.50 bits per heavy atom. The van der Waals surface area contributed by atoms with Crippen molar-refractivity contribution in [2.45, 2.75) is 49.4 Å². The summed E-state index contributed by atoms with van der Waals surface area (Å²) in [5.41, 5.74) is 0. The zero-order valence-electron chi connectivity index (χ0n) is 8.90. The minimum absolute atomic E-state index is 0.0561. The number of hydrogen-bond acceptors (Lipinski definition) is 4. The molecule has 4 heteroatoms. The van der Waals surface area contributed by atoms with E-state index in [1.54, 1.807) is 0 Å². The number of rotatable bonds is 4. The van der Waals surface area contributed by atoms with E-state index in [0.717, 1.165) is 24.3 Å². The molecule has 0 bridgehead atoms. The van der Waals surface area contributed by atoms with Crippen molar-refractivity contribution in [2.75, 3.05) is 11.5 Å². The molecule has 0 aliphatic carbocycles. The van der Waals surface area contributed by atoms with Crippen LogP contribution in [0.25, 0.3) is 0 Å². The first-order valence-electron chi connectivity index (χ1n) is 5.18. The molecule has 0 saturated carbocycles. The van der Waals surface area contributed by atoms with Crippen molar-refractivity contribution < 1.29 is 10.2 Å². The van der Waals surface area contributed by atoms with Crippen LogP contribution in [0.2, 0.25) is 0 Å². The van der Waals surface area contributed by atoms with Gasteiger partial charge in [-0.05, 0) is 44.6 Å². The van der Waals surface area contributed by atoms with Gasteiger partial charge in [0, 0.05) is 0 Å². The van der Waals surface area contributed by atoms with Gasteiger partial charge in [-0.15, -0.1) is 23.5 Å². The van der Waals surface area contributed by atoms with Gasteiger partial charge in [0.15, 0.2) is 0 Å². The van der Waals surface area contributed by atoms with Crippen molar-refractivity contribution in [3.8, 4) is 0 Å². The highest BCUT2D eigenvalue weighted by atomic mass is 32.2. The summed E-state index contributed by atoms with van der Waals surface area (Å²) in [6, 6.07) is 0. The van der Waals surface area contributed by atoms with E-state index < -0.39 is 0 Å². The van der Waals surface area contributed by atoms with Crippen LogP contribution in [0.1, 0.15) is 33.1 Å². The lowest BCUT2D eigenvalue weighted by Crippen LogP contribution is -2.32. The first-order valence-corrected chi connectivity index (χ1v) is 7.15. The summed E-state index contributed by atoms with van der Waals surface area (Å²) in [6.45, 7) is 3.67.